The molecule has 0 aliphatic heterocycles. The molecule has 0 fully saturated rings. The van der Waals surface area contributed by atoms with Crippen LogP contribution in [0.5, 0.6) is 5.75 Å². The number of nitrogens with one attached hydrogen (secondary N) is 2. The summed E-state index contributed by atoms with van der Waals surface area (Å²) in [6.07, 6.45) is 0. The minimum Gasteiger partial charge on any atom is -0.497 e. The van der Waals surface area contributed by atoms with E-state index in [1.54, 1.807) is 61.2 Å². The number of nitrogens with zero attached hydrogens (tertiary/aromatic N) is 3. The van der Waals surface area contributed by atoms with E-state index in [0.29, 0.717) is 38.0 Å². The minimum absolute atomic E-state index is 0.0540. The molecule has 0 saturated carbocycles. The summed E-state index contributed by atoms with van der Waals surface area (Å²) in [6.45, 7) is 3.98. The Hall–Kier alpha value is -2.75. The Morgan fingerprint density at radius 2 is 1.82 bits per heavy atom. The number of halogens is 2. The van der Waals surface area contributed by atoms with E-state index in [-0.39, 0.29) is 29.5 Å². The predicted octanol–water partition coefficient (Wildman–Crippen LogP) is 4.99. The Balaban J connectivity index is 1.66. The number of amides is 2. The van der Waals surface area contributed by atoms with Crippen molar-refractivity contribution in [2.24, 2.45) is 13.0 Å². The van der Waals surface area contributed by atoms with Gasteiger partial charge >= 0.3 is 0 Å². The van der Waals surface area contributed by atoms with Gasteiger partial charge < -0.3 is 19.9 Å². The molecule has 11 heteroatoms. The van der Waals surface area contributed by atoms with Crippen molar-refractivity contribution in [3.05, 3.63) is 63.9 Å². The van der Waals surface area contributed by atoms with Crippen molar-refractivity contribution >= 4 is 52.5 Å². The van der Waals surface area contributed by atoms with E-state index in [0.717, 1.165) is 0 Å². The number of rotatable bonds is 9. The van der Waals surface area contributed by atoms with Crippen LogP contribution in [0.1, 0.15) is 36.1 Å². The van der Waals surface area contributed by atoms with E-state index in [9.17, 15) is 9.59 Å². The van der Waals surface area contributed by atoms with Crippen LogP contribution in [0.25, 0.3) is 0 Å². The van der Waals surface area contributed by atoms with Crippen LogP contribution in [0.4, 0.5) is 5.69 Å². The number of hydrogen-bond acceptors (Lipinski definition) is 6. The number of ether oxygens (including phenoxy) is 1. The maximum Gasteiger partial charge on any atom is 0.251 e. The maximum atomic E-state index is 12.8. The molecule has 0 radical (unpaired) electrons. The highest BCUT2D eigenvalue weighted by Crippen LogP contribution is 2.27. The molecule has 2 amide bonds. The molecule has 0 spiro atoms. The van der Waals surface area contributed by atoms with Crippen molar-refractivity contribution in [3.63, 3.8) is 0 Å². The van der Waals surface area contributed by atoms with Crippen LogP contribution in [-0.4, -0.2) is 39.4 Å². The van der Waals surface area contributed by atoms with Crippen molar-refractivity contribution < 1.29 is 14.3 Å². The lowest BCUT2D eigenvalue weighted by molar-refractivity contribution is -0.113. The lowest BCUT2D eigenvalue weighted by Crippen LogP contribution is -2.33. The SMILES string of the molecule is COc1ccc(C(=O)N[C@@H](c2nnc(SCC(=O)Nc3ccc(Cl)cc3Cl)n2C)C(C)C)cc1. The molecule has 3 aromatic rings. The van der Waals surface area contributed by atoms with Crippen molar-refractivity contribution in [2.45, 2.75) is 25.0 Å². The van der Waals surface area contributed by atoms with Gasteiger partial charge in [-0.25, -0.2) is 0 Å². The van der Waals surface area contributed by atoms with Crippen molar-refractivity contribution in [3.8, 4) is 5.75 Å². The molecule has 1 aromatic heterocycles. The number of aromatic nitrogens is 3. The monoisotopic (exact) mass is 521 g/mol. The zero-order valence-electron chi connectivity index (χ0n) is 19.1. The van der Waals surface area contributed by atoms with Crippen LogP contribution in [0.3, 0.4) is 0 Å². The standard InChI is InChI=1S/C23H25Cl2N5O3S/c1-13(2)20(27-22(32)14-5-8-16(33-4)9-6-14)21-28-29-23(30(21)3)34-12-19(31)26-18-10-7-15(24)11-17(18)25/h5-11,13,20H,12H2,1-4H3,(H,26,31)(H,27,32)/t20-/m1/s1. The second-order valence-corrected chi connectivity index (χ2v) is 9.57. The Morgan fingerprint density at radius 3 is 2.44 bits per heavy atom. The molecule has 0 bridgehead atoms. The highest BCUT2D eigenvalue weighted by molar-refractivity contribution is 7.99. The second-order valence-electron chi connectivity index (χ2n) is 7.78. The number of benzene rings is 2. The van der Waals surface area contributed by atoms with Crippen molar-refractivity contribution in [2.75, 3.05) is 18.2 Å². The van der Waals surface area contributed by atoms with Gasteiger partial charge in [0, 0.05) is 17.6 Å². The molecule has 3 rings (SSSR count). The van der Waals surface area contributed by atoms with Crippen LogP contribution in [-0.2, 0) is 11.8 Å². The van der Waals surface area contributed by atoms with Crippen LogP contribution in [0, 0.1) is 5.92 Å². The van der Waals surface area contributed by atoms with E-state index in [2.05, 4.69) is 20.8 Å². The molecule has 0 aliphatic carbocycles. The first-order valence-electron chi connectivity index (χ1n) is 10.4. The highest BCUT2D eigenvalue weighted by atomic mass is 35.5. The molecule has 34 heavy (non-hydrogen) atoms. The number of hydrogen-bond donors (Lipinski definition) is 2. The Morgan fingerprint density at radius 1 is 1.12 bits per heavy atom. The van der Waals surface area contributed by atoms with Crippen molar-refractivity contribution in [1.29, 1.82) is 0 Å². The summed E-state index contributed by atoms with van der Waals surface area (Å²) in [5.41, 5.74) is 0.997. The molecular weight excluding hydrogens is 497 g/mol. The smallest absolute Gasteiger partial charge is 0.251 e. The molecule has 0 aliphatic rings. The zero-order valence-corrected chi connectivity index (χ0v) is 21.5. The van der Waals surface area contributed by atoms with E-state index < -0.39 is 0 Å². The Kier molecular flexibility index (Phi) is 8.82. The Bertz CT molecular complexity index is 1170. The molecule has 0 saturated heterocycles. The third kappa shape index (κ3) is 6.43. The van der Waals surface area contributed by atoms with E-state index in [1.165, 1.54) is 11.8 Å². The molecular formula is C23H25Cl2N5O3S. The van der Waals surface area contributed by atoms with Gasteiger partial charge in [-0.3, -0.25) is 9.59 Å². The fraction of sp³-hybridized carbons (Fsp3) is 0.304. The lowest BCUT2D eigenvalue weighted by atomic mass is 10.0. The fourth-order valence-electron chi connectivity index (χ4n) is 3.13. The van der Waals surface area contributed by atoms with Crippen LogP contribution in [0.2, 0.25) is 10.0 Å². The summed E-state index contributed by atoms with van der Waals surface area (Å²) in [5.74, 6) is 0.966. The third-order valence-corrected chi connectivity index (χ3v) is 6.56. The van der Waals surface area contributed by atoms with E-state index in [4.69, 9.17) is 27.9 Å². The summed E-state index contributed by atoms with van der Waals surface area (Å²) < 4.78 is 6.93. The summed E-state index contributed by atoms with van der Waals surface area (Å²) in [4.78, 5) is 25.2. The number of methoxy groups -OCH3 is 1. The zero-order chi connectivity index (χ0) is 24.8. The van der Waals surface area contributed by atoms with Gasteiger partial charge in [0.1, 0.15) is 5.75 Å². The molecule has 2 aromatic carbocycles. The van der Waals surface area contributed by atoms with Gasteiger partial charge in [-0.05, 0) is 48.4 Å². The minimum atomic E-state index is -0.372. The average Bonchev–Trinajstić information content (AvgIpc) is 3.17. The number of anilines is 1. The summed E-state index contributed by atoms with van der Waals surface area (Å²) in [7, 11) is 3.38. The predicted molar refractivity (Wildman–Crippen MR) is 135 cm³/mol. The molecule has 180 valence electrons. The quantitative estimate of drug-likeness (QED) is 0.385. The average molecular weight is 522 g/mol. The number of carbonyl (C=O) groups excluding carboxylic acids is 2. The van der Waals surface area contributed by atoms with Crippen molar-refractivity contribution in [1.82, 2.24) is 20.1 Å². The first-order valence-corrected chi connectivity index (χ1v) is 12.2. The van der Waals surface area contributed by atoms with Gasteiger partial charge in [0.2, 0.25) is 5.91 Å². The molecule has 1 heterocycles. The van der Waals surface area contributed by atoms with Gasteiger partial charge in [0.05, 0.1) is 29.6 Å². The first-order chi connectivity index (χ1) is 16.2. The van der Waals surface area contributed by atoms with Gasteiger partial charge in [0.25, 0.3) is 5.91 Å². The lowest BCUT2D eigenvalue weighted by Gasteiger charge is -2.21. The molecule has 0 unspecified atom stereocenters. The number of carbonyl (C=O) groups is 2. The fourth-order valence-corrected chi connectivity index (χ4v) is 4.30. The molecule has 2 N–H and O–H groups in total. The summed E-state index contributed by atoms with van der Waals surface area (Å²) in [5, 5.41) is 15.7. The maximum absolute atomic E-state index is 12.8. The van der Waals surface area contributed by atoms with Gasteiger partial charge in [0.15, 0.2) is 11.0 Å². The molecule has 8 nitrogen and oxygen atoms in total. The normalized spacial score (nSPS) is 11.9. The topological polar surface area (TPSA) is 98.1 Å². The van der Waals surface area contributed by atoms with Gasteiger partial charge in [-0.1, -0.05) is 48.8 Å². The summed E-state index contributed by atoms with van der Waals surface area (Å²) in [6, 6.07) is 11.4. The van der Waals surface area contributed by atoms with E-state index in [1.807, 2.05) is 13.8 Å². The largest absolute Gasteiger partial charge is 0.497 e. The number of thioether (sulfide) groups is 1. The summed E-state index contributed by atoms with van der Waals surface area (Å²) >= 11 is 13.2. The first kappa shape index (κ1) is 25.9. The third-order valence-electron chi connectivity index (χ3n) is 4.99. The Labute approximate surface area is 212 Å². The second kappa shape index (κ2) is 11.6. The van der Waals surface area contributed by atoms with E-state index >= 15 is 0 Å². The van der Waals surface area contributed by atoms with Gasteiger partial charge in [-0.2, -0.15) is 0 Å². The van der Waals surface area contributed by atoms with Crippen LogP contribution >= 0.6 is 35.0 Å². The molecule has 1 atom stereocenters. The highest BCUT2D eigenvalue weighted by Gasteiger charge is 2.25. The van der Waals surface area contributed by atoms with Gasteiger partial charge in [-0.15, -0.1) is 10.2 Å². The van der Waals surface area contributed by atoms with Crippen LogP contribution < -0.4 is 15.4 Å². The van der Waals surface area contributed by atoms with Crippen LogP contribution in [0.15, 0.2) is 47.6 Å².